The fourth-order valence-electron chi connectivity index (χ4n) is 2.34. The molecule has 8 heteroatoms. The summed E-state index contributed by atoms with van der Waals surface area (Å²) in [6.45, 7) is 4.98. The number of piperidine rings is 1. The van der Waals surface area contributed by atoms with Crippen LogP contribution in [0.2, 0.25) is 0 Å². The van der Waals surface area contributed by atoms with Crippen LogP contribution < -0.4 is 15.6 Å². The summed E-state index contributed by atoms with van der Waals surface area (Å²) < 4.78 is 5.65. The van der Waals surface area contributed by atoms with Gasteiger partial charge < -0.3 is 9.64 Å². The van der Waals surface area contributed by atoms with E-state index in [2.05, 4.69) is 50.6 Å². The number of urea groups is 1. The lowest BCUT2D eigenvalue weighted by atomic mass is 9.95. The predicted molar refractivity (Wildman–Crippen MR) is 83.0 cm³/mol. The Morgan fingerprint density at radius 2 is 2.24 bits per heavy atom. The molecule has 0 bridgehead atoms. The molecule has 7 nitrogen and oxygen atoms in total. The monoisotopic (exact) mass is 357 g/mol. The summed E-state index contributed by atoms with van der Waals surface area (Å²) in [4.78, 5) is 22.3. The number of hydrogen-bond acceptors (Lipinski definition) is 5. The van der Waals surface area contributed by atoms with Gasteiger partial charge in [0.25, 0.3) is 5.88 Å². The van der Waals surface area contributed by atoms with Gasteiger partial charge in [0.05, 0.1) is 13.3 Å². The molecule has 1 aliphatic heterocycles. The number of carbonyl (C=O) groups excluding carboxylic acids is 1. The lowest BCUT2D eigenvalue weighted by molar-refractivity contribution is 0.138. The maximum absolute atomic E-state index is 12.3. The van der Waals surface area contributed by atoms with E-state index in [1.54, 1.807) is 0 Å². The molecule has 0 saturated carbocycles. The molecule has 0 aromatic carbocycles. The van der Waals surface area contributed by atoms with E-state index in [0.29, 0.717) is 22.2 Å². The molecule has 2 N–H and O–H groups in total. The van der Waals surface area contributed by atoms with Crippen LogP contribution in [0.15, 0.2) is 10.8 Å². The lowest BCUT2D eigenvalue weighted by Crippen LogP contribution is -2.51. The van der Waals surface area contributed by atoms with Crippen LogP contribution in [0, 0.1) is 5.92 Å². The Labute approximate surface area is 132 Å². The maximum atomic E-state index is 12.3. The fraction of sp³-hybridized carbons (Fsp3) is 0.615. The number of hydrazine groups is 1. The molecule has 116 valence electrons. The number of anilines is 1. The second-order valence-corrected chi connectivity index (χ2v) is 6.10. The van der Waals surface area contributed by atoms with Gasteiger partial charge in [0.15, 0.2) is 0 Å². The summed E-state index contributed by atoms with van der Waals surface area (Å²) in [5.41, 5.74) is 5.42. The quantitative estimate of drug-likeness (QED) is 0.812. The average molecular weight is 358 g/mol. The molecule has 0 aliphatic carbocycles. The number of nitrogens with one attached hydrogen (secondary N) is 2. The molecular weight excluding hydrogens is 338 g/mol. The fourth-order valence-corrected chi connectivity index (χ4v) is 2.62. The van der Waals surface area contributed by atoms with Gasteiger partial charge in [0.1, 0.15) is 4.60 Å². The Morgan fingerprint density at radius 3 is 2.95 bits per heavy atom. The number of aromatic nitrogens is 2. The molecule has 0 spiro atoms. The van der Waals surface area contributed by atoms with E-state index in [1.807, 2.05) is 4.90 Å². The summed E-state index contributed by atoms with van der Waals surface area (Å²) in [5.74, 6) is 1.20. The number of rotatable bonds is 3. The van der Waals surface area contributed by atoms with Crippen molar-refractivity contribution in [2.24, 2.45) is 5.92 Å². The van der Waals surface area contributed by atoms with Crippen LogP contribution in [0.1, 0.15) is 26.7 Å². The van der Waals surface area contributed by atoms with Gasteiger partial charge in [-0.05, 0) is 41.6 Å². The molecule has 1 aromatic heterocycles. The zero-order valence-corrected chi connectivity index (χ0v) is 14.0. The topological polar surface area (TPSA) is 79.4 Å². The minimum Gasteiger partial charge on any atom is -0.478 e. The summed E-state index contributed by atoms with van der Waals surface area (Å²) in [5, 5.41) is 0. The van der Waals surface area contributed by atoms with E-state index >= 15 is 0 Å². The summed E-state index contributed by atoms with van der Waals surface area (Å²) in [6, 6.07) is 0.0661. The van der Waals surface area contributed by atoms with Crippen LogP contribution in [-0.4, -0.2) is 40.6 Å². The molecule has 1 fully saturated rings. The zero-order valence-electron chi connectivity index (χ0n) is 12.4. The summed E-state index contributed by atoms with van der Waals surface area (Å²) in [7, 11) is 1.50. The number of ether oxygens (including phenoxy) is 1. The van der Waals surface area contributed by atoms with Crippen LogP contribution in [0.25, 0.3) is 0 Å². The minimum absolute atomic E-state index is 0.169. The van der Waals surface area contributed by atoms with Crippen LogP contribution in [0.4, 0.5) is 10.6 Å². The van der Waals surface area contributed by atoms with E-state index in [4.69, 9.17) is 4.74 Å². The Morgan fingerprint density at radius 1 is 1.48 bits per heavy atom. The minimum atomic E-state index is -0.169. The van der Waals surface area contributed by atoms with Gasteiger partial charge in [0, 0.05) is 12.6 Å². The van der Waals surface area contributed by atoms with Crippen LogP contribution >= 0.6 is 15.9 Å². The Hall–Kier alpha value is -1.57. The van der Waals surface area contributed by atoms with E-state index in [9.17, 15) is 4.79 Å². The molecule has 1 saturated heterocycles. The molecule has 2 rings (SSSR count). The van der Waals surface area contributed by atoms with Crippen molar-refractivity contribution in [3.8, 4) is 5.88 Å². The second-order valence-electron chi connectivity index (χ2n) is 5.29. The van der Waals surface area contributed by atoms with Crippen molar-refractivity contribution in [2.45, 2.75) is 32.7 Å². The van der Waals surface area contributed by atoms with Gasteiger partial charge >= 0.3 is 6.03 Å². The molecule has 2 atom stereocenters. The molecule has 1 aromatic rings. The highest BCUT2D eigenvalue weighted by Crippen LogP contribution is 2.22. The number of carbonyl (C=O) groups is 1. The highest BCUT2D eigenvalue weighted by molar-refractivity contribution is 9.10. The van der Waals surface area contributed by atoms with Gasteiger partial charge in [-0.25, -0.2) is 20.2 Å². The van der Waals surface area contributed by atoms with Crippen molar-refractivity contribution >= 4 is 27.8 Å². The largest absolute Gasteiger partial charge is 0.478 e. The van der Waals surface area contributed by atoms with E-state index < -0.39 is 0 Å². The Kier molecular flexibility index (Phi) is 5.22. The van der Waals surface area contributed by atoms with E-state index in [1.165, 1.54) is 13.3 Å². The Bertz CT molecular complexity index is 513. The maximum Gasteiger partial charge on any atom is 0.336 e. The SMILES string of the molecule is COc1ncc(Br)nc1NNC(=O)N1CC(C)CCC1C. The highest BCUT2D eigenvalue weighted by atomic mass is 79.9. The average Bonchev–Trinajstić information content (AvgIpc) is 2.47. The molecule has 1 aliphatic rings. The van der Waals surface area contributed by atoms with Gasteiger partial charge in [-0.15, -0.1) is 0 Å². The zero-order chi connectivity index (χ0) is 15.4. The number of likely N-dealkylation sites (tertiary alicyclic amines) is 1. The first kappa shape index (κ1) is 15.8. The molecule has 2 amide bonds. The number of amides is 2. The molecule has 21 heavy (non-hydrogen) atoms. The second kappa shape index (κ2) is 6.93. The number of halogens is 1. The first-order chi connectivity index (χ1) is 10.0. The third kappa shape index (κ3) is 3.96. The van der Waals surface area contributed by atoms with Gasteiger partial charge in [-0.2, -0.15) is 0 Å². The van der Waals surface area contributed by atoms with Crippen molar-refractivity contribution in [3.63, 3.8) is 0 Å². The summed E-state index contributed by atoms with van der Waals surface area (Å²) >= 11 is 3.23. The Balaban J connectivity index is 1.99. The molecule has 2 heterocycles. The summed E-state index contributed by atoms with van der Waals surface area (Å²) in [6.07, 6.45) is 3.71. The number of nitrogens with zero attached hydrogens (tertiary/aromatic N) is 3. The van der Waals surface area contributed by atoms with Crippen molar-refractivity contribution in [2.75, 3.05) is 19.1 Å². The van der Waals surface area contributed by atoms with Crippen molar-refractivity contribution in [1.29, 1.82) is 0 Å². The predicted octanol–water partition coefficient (Wildman–Crippen LogP) is 2.40. The van der Waals surface area contributed by atoms with Crippen LogP contribution in [0.3, 0.4) is 0 Å². The van der Waals surface area contributed by atoms with Crippen LogP contribution in [-0.2, 0) is 0 Å². The van der Waals surface area contributed by atoms with Crippen molar-refractivity contribution < 1.29 is 9.53 Å². The smallest absolute Gasteiger partial charge is 0.336 e. The first-order valence-corrected chi connectivity index (χ1v) is 7.69. The van der Waals surface area contributed by atoms with Gasteiger partial charge in [-0.1, -0.05) is 6.92 Å². The molecule has 0 radical (unpaired) electrons. The third-order valence-electron chi connectivity index (χ3n) is 3.57. The molecular formula is C13H20BrN5O2. The van der Waals surface area contributed by atoms with Gasteiger partial charge in [0.2, 0.25) is 5.82 Å². The molecule has 2 unspecified atom stereocenters. The van der Waals surface area contributed by atoms with Gasteiger partial charge in [-0.3, -0.25) is 5.43 Å². The van der Waals surface area contributed by atoms with E-state index in [-0.39, 0.29) is 12.1 Å². The first-order valence-electron chi connectivity index (χ1n) is 6.90. The third-order valence-corrected chi connectivity index (χ3v) is 3.95. The van der Waals surface area contributed by atoms with E-state index in [0.717, 1.165) is 19.4 Å². The van der Waals surface area contributed by atoms with Crippen molar-refractivity contribution in [3.05, 3.63) is 10.8 Å². The normalized spacial score (nSPS) is 21.8. The highest BCUT2D eigenvalue weighted by Gasteiger charge is 2.27. The van der Waals surface area contributed by atoms with Crippen LogP contribution in [0.5, 0.6) is 5.88 Å². The standard InChI is InChI=1S/C13H20BrN5O2/c1-8-4-5-9(2)19(7-8)13(20)18-17-11-12(21-3)15-6-10(14)16-11/h6,8-9H,4-5,7H2,1-3H3,(H,16,17)(H,18,20). The number of methoxy groups -OCH3 is 1. The number of hydrogen-bond donors (Lipinski definition) is 2. The van der Waals surface area contributed by atoms with Crippen molar-refractivity contribution in [1.82, 2.24) is 20.3 Å². The lowest BCUT2D eigenvalue weighted by Gasteiger charge is -2.36.